The summed E-state index contributed by atoms with van der Waals surface area (Å²) < 4.78 is 5.51. The molecule has 7 heteroatoms. The minimum atomic E-state index is -1.07. The van der Waals surface area contributed by atoms with E-state index in [1.54, 1.807) is 20.0 Å². The minimum Gasteiger partial charge on any atom is -0.463 e. The van der Waals surface area contributed by atoms with E-state index in [1.165, 1.54) is 12.8 Å². The molecular formula is C16H29IN4O2. The number of nitrogens with zero attached hydrogens (tertiary/aromatic N) is 2. The minimum absolute atomic E-state index is 0. The van der Waals surface area contributed by atoms with E-state index in [-0.39, 0.29) is 24.0 Å². The number of likely N-dealkylation sites (N-methyl/N-ethyl adjacent to an activating group) is 1. The normalized spacial score (nSPS) is 21.6. The molecule has 1 saturated heterocycles. The molecule has 1 aromatic heterocycles. The maximum Gasteiger partial charge on any atom is 0.191 e. The van der Waals surface area contributed by atoms with Gasteiger partial charge in [0.05, 0.1) is 6.54 Å². The summed E-state index contributed by atoms with van der Waals surface area (Å²) >= 11 is 0. The van der Waals surface area contributed by atoms with Gasteiger partial charge in [-0.1, -0.05) is 0 Å². The predicted octanol–water partition coefficient (Wildman–Crippen LogP) is 1.67. The zero-order valence-corrected chi connectivity index (χ0v) is 16.8. The molecule has 3 N–H and O–H groups in total. The lowest BCUT2D eigenvalue weighted by Gasteiger charge is -2.24. The van der Waals surface area contributed by atoms with Crippen LogP contribution in [0.15, 0.2) is 21.5 Å². The molecule has 0 amide bonds. The highest BCUT2D eigenvalue weighted by molar-refractivity contribution is 14.0. The van der Waals surface area contributed by atoms with Crippen LogP contribution in [0.3, 0.4) is 0 Å². The third kappa shape index (κ3) is 5.65. The van der Waals surface area contributed by atoms with Crippen molar-refractivity contribution >= 4 is 29.9 Å². The maximum absolute atomic E-state index is 10.5. The zero-order valence-electron chi connectivity index (χ0n) is 14.4. The molecule has 0 aliphatic carbocycles. The van der Waals surface area contributed by atoms with Gasteiger partial charge in [0, 0.05) is 19.6 Å². The van der Waals surface area contributed by atoms with Gasteiger partial charge in [0.25, 0.3) is 0 Å². The van der Waals surface area contributed by atoms with Gasteiger partial charge in [-0.3, -0.25) is 4.99 Å². The summed E-state index contributed by atoms with van der Waals surface area (Å²) in [6, 6.07) is 4.21. The fourth-order valence-electron chi connectivity index (χ4n) is 2.74. The highest BCUT2D eigenvalue weighted by Crippen LogP contribution is 2.21. The lowest BCUT2D eigenvalue weighted by Crippen LogP contribution is -2.47. The number of aliphatic imine (C=N–C) groups is 1. The number of hydrogen-bond acceptors (Lipinski definition) is 4. The Hall–Kier alpha value is -0.800. The van der Waals surface area contributed by atoms with Crippen molar-refractivity contribution < 1.29 is 9.52 Å². The molecule has 2 heterocycles. The monoisotopic (exact) mass is 436 g/mol. The highest BCUT2D eigenvalue weighted by Gasteiger charge is 2.27. The number of guanidine groups is 1. The number of nitrogens with one attached hydrogen (secondary N) is 2. The summed E-state index contributed by atoms with van der Waals surface area (Å²) in [6.07, 6.45) is 2.46. The van der Waals surface area contributed by atoms with Crippen LogP contribution in [-0.4, -0.2) is 55.7 Å². The summed E-state index contributed by atoms with van der Waals surface area (Å²) in [5, 5.41) is 17.0. The van der Waals surface area contributed by atoms with Gasteiger partial charge in [-0.2, -0.15) is 0 Å². The van der Waals surface area contributed by atoms with Crippen LogP contribution < -0.4 is 10.6 Å². The van der Waals surface area contributed by atoms with Crippen LogP contribution in [-0.2, 0) is 5.60 Å². The van der Waals surface area contributed by atoms with Crippen molar-refractivity contribution in [2.45, 2.75) is 38.3 Å². The van der Waals surface area contributed by atoms with Crippen LogP contribution in [0, 0.1) is 6.92 Å². The number of halogens is 1. The first kappa shape index (κ1) is 20.2. The number of rotatable bonds is 5. The molecule has 0 bridgehead atoms. The Balaban J connectivity index is 0.00000264. The quantitative estimate of drug-likeness (QED) is 0.372. The molecule has 1 aromatic rings. The Kier molecular flexibility index (Phi) is 7.82. The van der Waals surface area contributed by atoms with E-state index in [4.69, 9.17) is 4.42 Å². The van der Waals surface area contributed by atoms with E-state index in [9.17, 15) is 5.11 Å². The molecule has 2 atom stereocenters. The van der Waals surface area contributed by atoms with Crippen LogP contribution in [0.1, 0.15) is 31.3 Å². The fraction of sp³-hybridized carbons (Fsp3) is 0.688. The second kappa shape index (κ2) is 8.89. The average Bonchev–Trinajstić information content (AvgIpc) is 3.08. The van der Waals surface area contributed by atoms with E-state index in [0.29, 0.717) is 24.3 Å². The fourth-order valence-corrected chi connectivity index (χ4v) is 2.74. The zero-order chi connectivity index (χ0) is 16.2. The molecule has 132 valence electrons. The number of hydrogen-bond donors (Lipinski definition) is 3. The first-order valence-corrected chi connectivity index (χ1v) is 7.86. The van der Waals surface area contributed by atoms with Gasteiger partial charge in [-0.05, 0) is 52.4 Å². The number of furan rings is 1. The number of aryl methyl sites for hydroxylation is 1. The largest absolute Gasteiger partial charge is 0.463 e. The van der Waals surface area contributed by atoms with Gasteiger partial charge >= 0.3 is 0 Å². The molecule has 0 saturated carbocycles. The van der Waals surface area contributed by atoms with Gasteiger partial charge in [0.1, 0.15) is 17.1 Å². The first-order valence-electron chi connectivity index (χ1n) is 7.86. The molecule has 23 heavy (non-hydrogen) atoms. The van der Waals surface area contributed by atoms with Crippen molar-refractivity contribution in [1.82, 2.24) is 15.5 Å². The van der Waals surface area contributed by atoms with Gasteiger partial charge < -0.3 is 25.1 Å². The van der Waals surface area contributed by atoms with Crippen LogP contribution in [0.2, 0.25) is 0 Å². The van der Waals surface area contributed by atoms with Crippen molar-refractivity contribution in [2.24, 2.45) is 4.99 Å². The second-order valence-electron chi connectivity index (χ2n) is 6.27. The highest BCUT2D eigenvalue weighted by atomic mass is 127. The van der Waals surface area contributed by atoms with E-state index in [0.717, 1.165) is 18.8 Å². The van der Waals surface area contributed by atoms with Gasteiger partial charge in [0.15, 0.2) is 5.96 Å². The topological polar surface area (TPSA) is 73.0 Å². The Morgan fingerprint density at radius 2 is 2.22 bits per heavy atom. The van der Waals surface area contributed by atoms with Crippen LogP contribution in [0.5, 0.6) is 0 Å². The van der Waals surface area contributed by atoms with Gasteiger partial charge in [0.2, 0.25) is 0 Å². The number of likely N-dealkylation sites (tertiary alicyclic amines) is 1. The van der Waals surface area contributed by atoms with E-state index in [2.05, 4.69) is 27.6 Å². The van der Waals surface area contributed by atoms with E-state index in [1.807, 2.05) is 13.0 Å². The maximum atomic E-state index is 10.5. The summed E-state index contributed by atoms with van der Waals surface area (Å²) in [5.41, 5.74) is -1.07. The lowest BCUT2D eigenvalue weighted by atomic mass is 10.0. The smallest absolute Gasteiger partial charge is 0.191 e. The molecule has 1 fully saturated rings. The van der Waals surface area contributed by atoms with Crippen molar-refractivity contribution in [3.63, 3.8) is 0 Å². The van der Waals surface area contributed by atoms with Crippen molar-refractivity contribution in [2.75, 3.05) is 33.7 Å². The van der Waals surface area contributed by atoms with Crippen LogP contribution in [0.4, 0.5) is 0 Å². The summed E-state index contributed by atoms with van der Waals surface area (Å²) in [7, 11) is 3.89. The van der Waals surface area contributed by atoms with E-state index < -0.39 is 5.60 Å². The summed E-state index contributed by atoms with van der Waals surface area (Å²) in [4.78, 5) is 6.57. The summed E-state index contributed by atoms with van der Waals surface area (Å²) in [5.74, 6) is 2.05. The van der Waals surface area contributed by atoms with Crippen LogP contribution in [0.25, 0.3) is 0 Å². The molecule has 1 aliphatic heterocycles. The standard InChI is InChI=1S/C16H28N4O2.HI/c1-12-7-8-14(22-12)16(2,21)11-19-15(17-3)18-10-13-6-5-9-20(13)4;/h7-8,13,21H,5-6,9-11H2,1-4H3,(H2,17,18,19);1H. The second-order valence-corrected chi connectivity index (χ2v) is 6.27. The van der Waals surface area contributed by atoms with E-state index >= 15 is 0 Å². The summed E-state index contributed by atoms with van der Waals surface area (Å²) in [6.45, 7) is 5.95. The predicted molar refractivity (Wildman–Crippen MR) is 103 cm³/mol. The molecule has 0 spiro atoms. The molecule has 2 unspecified atom stereocenters. The van der Waals surface area contributed by atoms with Crippen molar-refractivity contribution in [1.29, 1.82) is 0 Å². The first-order chi connectivity index (χ1) is 10.4. The molecular weight excluding hydrogens is 407 g/mol. The van der Waals surface area contributed by atoms with Crippen molar-refractivity contribution in [3.05, 3.63) is 23.7 Å². The Morgan fingerprint density at radius 3 is 2.74 bits per heavy atom. The molecule has 0 aromatic carbocycles. The molecule has 1 aliphatic rings. The molecule has 0 radical (unpaired) electrons. The van der Waals surface area contributed by atoms with Gasteiger partial charge in [-0.25, -0.2) is 0 Å². The average molecular weight is 436 g/mol. The number of aliphatic hydroxyl groups is 1. The molecule has 6 nitrogen and oxygen atoms in total. The lowest BCUT2D eigenvalue weighted by molar-refractivity contribution is 0.0378. The Morgan fingerprint density at radius 1 is 1.48 bits per heavy atom. The van der Waals surface area contributed by atoms with Crippen LogP contribution >= 0.6 is 24.0 Å². The van der Waals surface area contributed by atoms with Crippen molar-refractivity contribution in [3.8, 4) is 0 Å². The Labute approximate surface area is 155 Å². The third-order valence-electron chi connectivity index (χ3n) is 4.27. The molecule has 2 rings (SSSR count). The van der Waals surface area contributed by atoms with Gasteiger partial charge in [-0.15, -0.1) is 24.0 Å². The third-order valence-corrected chi connectivity index (χ3v) is 4.27. The Bertz CT molecular complexity index is 516. The SMILES string of the molecule is CN=C(NCC1CCCN1C)NCC(C)(O)c1ccc(C)o1.I.